The van der Waals surface area contributed by atoms with Gasteiger partial charge in [-0.05, 0) is 25.0 Å². The zero-order valence-electron chi connectivity index (χ0n) is 17.6. The Balaban J connectivity index is 1.53. The standard InChI is InChI=1S/C22H31N3O4/c1-24(2)19(15-7-6-8-16(13-15)29-3)14-23-20(26)11-12-25-21(27)17-9-4-5-10-18(17)22(25)28/h6-8,13,17-19H,4-5,9-12,14H2,1-3H3,(H,23,26)/p+1/t17-,18+,19-/m0/s1. The van der Waals surface area contributed by atoms with Crippen LogP contribution in [0, 0.1) is 11.8 Å². The number of benzene rings is 1. The van der Waals surface area contributed by atoms with Crippen LogP contribution in [0.1, 0.15) is 43.7 Å². The van der Waals surface area contributed by atoms with Crippen LogP contribution in [0.15, 0.2) is 24.3 Å². The van der Waals surface area contributed by atoms with Crippen LogP contribution in [0.3, 0.4) is 0 Å². The first-order valence-electron chi connectivity index (χ1n) is 10.5. The van der Waals surface area contributed by atoms with Crippen molar-refractivity contribution in [1.29, 1.82) is 0 Å². The lowest BCUT2D eigenvalue weighted by molar-refractivity contribution is -0.890. The van der Waals surface area contributed by atoms with Gasteiger partial charge in [-0.1, -0.05) is 25.0 Å². The van der Waals surface area contributed by atoms with Crippen molar-refractivity contribution >= 4 is 17.7 Å². The number of ether oxygens (including phenoxy) is 1. The van der Waals surface area contributed by atoms with E-state index in [0.29, 0.717) is 6.54 Å². The lowest BCUT2D eigenvalue weighted by Crippen LogP contribution is -3.07. The fourth-order valence-corrected chi connectivity index (χ4v) is 4.48. The van der Waals surface area contributed by atoms with Crippen molar-refractivity contribution in [3.8, 4) is 5.75 Å². The molecule has 7 heteroatoms. The van der Waals surface area contributed by atoms with Crippen LogP contribution in [-0.2, 0) is 14.4 Å². The van der Waals surface area contributed by atoms with Crippen LogP contribution in [-0.4, -0.2) is 56.9 Å². The molecule has 0 radical (unpaired) electrons. The van der Waals surface area contributed by atoms with Crippen LogP contribution in [0.25, 0.3) is 0 Å². The summed E-state index contributed by atoms with van der Waals surface area (Å²) >= 11 is 0. The Hall–Kier alpha value is -2.41. The number of quaternary nitrogens is 1. The van der Waals surface area contributed by atoms with E-state index in [2.05, 4.69) is 5.32 Å². The molecule has 29 heavy (non-hydrogen) atoms. The number of nitrogens with zero attached hydrogens (tertiary/aromatic N) is 1. The van der Waals surface area contributed by atoms with Crippen LogP contribution in [0.5, 0.6) is 5.75 Å². The molecule has 3 amide bonds. The monoisotopic (exact) mass is 402 g/mol. The molecule has 1 saturated carbocycles. The number of imide groups is 1. The fourth-order valence-electron chi connectivity index (χ4n) is 4.48. The average molecular weight is 403 g/mol. The first kappa shape index (κ1) is 21.3. The first-order chi connectivity index (χ1) is 13.9. The first-order valence-corrected chi connectivity index (χ1v) is 10.5. The highest BCUT2D eigenvalue weighted by molar-refractivity contribution is 6.05. The number of hydrogen-bond donors (Lipinski definition) is 2. The Labute approximate surface area is 172 Å². The molecular weight excluding hydrogens is 370 g/mol. The molecule has 0 aromatic heterocycles. The van der Waals surface area contributed by atoms with E-state index >= 15 is 0 Å². The number of rotatable bonds is 8. The highest BCUT2D eigenvalue weighted by atomic mass is 16.5. The summed E-state index contributed by atoms with van der Waals surface area (Å²) in [5.74, 6) is 0.157. The summed E-state index contributed by atoms with van der Waals surface area (Å²) in [4.78, 5) is 40.0. The van der Waals surface area contributed by atoms with Crippen molar-refractivity contribution in [2.75, 3.05) is 34.3 Å². The zero-order valence-corrected chi connectivity index (χ0v) is 17.6. The minimum Gasteiger partial charge on any atom is -0.497 e. The lowest BCUT2D eigenvalue weighted by Gasteiger charge is -2.23. The third-order valence-corrected chi connectivity index (χ3v) is 6.19. The summed E-state index contributed by atoms with van der Waals surface area (Å²) in [7, 11) is 5.72. The van der Waals surface area contributed by atoms with E-state index in [1.807, 2.05) is 38.4 Å². The van der Waals surface area contributed by atoms with Crippen LogP contribution in [0.4, 0.5) is 0 Å². The van der Waals surface area contributed by atoms with Gasteiger partial charge in [0.1, 0.15) is 11.8 Å². The van der Waals surface area contributed by atoms with Crippen molar-refractivity contribution < 1.29 is 24.0 Å². The van der Waals surface area contributed by atoms with E-state index in [1.54, 1.807) is 7.11 Å². The molecular formula is C22H32N3O4+. The van der Waals surface area contributed by atoms with Gasteiger partial charge in [-0.3, -0.25) is 19.3 Å². The van der Waals surface area contributed by atoms with Gasteiger partial charge in [-0.15, -0.1) is 0 Å². The Bertz CT molecular complexity index is 740. The van der Waals surface area contributed by atoms with Gasteiger partial charge < -0.3 is 15.0 Å². The predicted octanol–water partition coefficient (Wildman–Crippen LogP) is 0.562. The maximum Gasteiger partial charge on any atom is 0.233 e. The van der Waals surface area contributed by atoms with Gasteiger partial charge in [0.05, 0.1) is 39.6 Å². The lowest BCUT2D eigenvalue weighted by atomic mass is 9.81. The van der Waals surface area contributed by atoms with Crippen molar-refractivity contribution in [2.45, 2.75) is 38.1 Å². The summed E-state index contributed by atoms with van der Waals surface area (Å²) in [5.41, 5.74) is 1.08. The number of carbonyl (C=O) groups excluding carboxylic acids is 3. The molecule has 0 bridgehead atoms. The van der Waals surface area contributed by atoms with Gasteiger partial charge in [0.2, 0.25) is 17.7 Å². The molecule has 2 fully saturated rings. The van der Waals surface area contributed by atoms with E-state index in [1.165, 1.54) is 9.80 Å². The predicted molar refractivity (Wildman–Crippen MR) is 108 cm³/mol. The zero-order chi connectivity index (χ0) is 21.0. The van der Waals surface area contributed by atoms with Gasteiger partial charge in [-0.25, -0.2) is 0 Å². The largest absolute Gasteiger partial charge is 0.497 e. The smallest absolute Gasteiger partial charge is 0.233 e. The molecule has 1 saturated heterocycles. The number of fused-ring (bicyclic) bond motifs is 1. The Kier molecular flexibility index (Phi) is 6.90. The second-order valence-corrected chi connectivity index (χ2v) is 8.29. The number of methoxy groups -OCH3 is 1. The molecule has 1 heterocycles. The fraction of sp³-hybridized carbons (Fsp3) is 0.591. The van der Waals surface area contributed by atoms with E-state index in [9.17, 15) is 14.4 Å². The molecule has 1 aliphatic carbocycles. The average Bonchev–Trinajstić information content (AvgIpc) is 2.97. The third kappa shape index (κ3) is 4.78. The maximum absolute atomic E-state index is 12.5. The highest BCUT2D eigenvalue weighted by Gasteiger charge is 2.47. The molecule has 2 N–H and O–H groups in total. The van der Waals surface area contributed by atoms with Crippen molar-refractivity contribution in [3.63, 3.8) is 0 Å². The van der Waals surface area contributed by atoms with Gasteiger partial charge in [0, 0.05) is 18.5 Å². The molecule has 2 aliphatic rings. The van der Waals surface area contributed by atoms with Gasteiger partial charge >= 0.3 is 0 Å². The number of likely N-dealkylation sites (N-methyl/N-ethyl adjacent to an activating group) is 1. The number of likely N-dealkylation sites (tertiary alicyclic amines) is 1. The second-order valence-electron chi connectivity index (χ2n) is 8.29. The molecule has 0 spiro atoms. The number of nitrogens with one attached hydrogen (secondary N) is 2. The minimum absolute atomic E-state index is 0.0759. The summed E-state index contributed by atoms with van der Waals surface area (Å²) in [5, 5.41) is 2.97. The van der Waals surface area contributed by atoms with Crippen LogP contribution in [0.2, 0.25) is 0 Å². The van der Waals surface area contributed by atoms with Crippen LogP contribution < -0.4 is 15.0 Å². The normalized spacial score (nSPS) is 22.6. The van der Waals surface area contributed by atoms with E-state index < -0.39 is 0 Å². The van der Waals surface area contributed by atoms with E-state index in [-0.39, 0.29) is 48.6 Å². The molecule has 1 aromatic rings. The van der Waals surface area contributed by atoms with Gasteiger partial charge in [0.15, 0.2) is 0 Å². The molecule has 158 valence electrons. The van der Waals surface area contributed by atoms with Crippen LogP contribution >= 0.6 is 0 Å². The van der Waals surface area contributed by atoms with Gasteiger partial charge in [-0.2, -0.15) is 0 Å². The topological polar surface area (TPSA) is 80.2 Å². The molecule has 3 atom stereocenters. The molecule has 7 nitrogen and oxygen atoms in total. The summed E-state index contributed by atoms with van der Waals surface area (Å²) in [6.07, 6.45) is 3.75. The Morgan fingerprint density at radius 3 is 2.45 bits per heavy atom. The Morgan fingerprint density at radius 2 is 1.86 bits per heavy atom. The number of amides is 3. The van der Waals surface area contributed by atoms with Crippen molar-refractivity contribution in [2.24, 2.45) is 11.8 Å². The van der Waals surface area contributed by atoms with Gasteiger partial charge in [0.25, 0.3) is 0 Å². The summed E-state index contributed by atoms with van der Waals surface area (Å²) < 4.78 is 5.30. The highest BCUT2D eigenvalue weighted by Crippen LogP contribution is 2.37. The van der Waals surface area contributed by atoms with E-state index in [0.717, 1.165) is 37.0 Å². The molecule has 0 unspecified atom stereocenters. The number of carbonyl (C=O) groups is 3. The van der Waals surface area contributed by atoms with Crippen molar-refractivity contribution in [1.82, 2.24) is 10.2 Å². The molecule has 3 rings (SSSR count). The summed E-state index contributed by atoms with van der Waals surface area (Å²) in [6, 6.07) is 7.91. The molecule has 1 aromatic carbocycles. The molecule has 1 aliphatic heterocycles. The third-order valence-electron chi connectivity index (χ3n) is 6.19. The minimum atomic E-state index is -0.158. The quantitative estimate of drug-likeness (QED) is 0.623. The van der Waals surface area contributed by atoms with Crippen molar-refractivity contribution in [3.05, 3.63) is 29.8 Å². The SMILES string of the molecule is COc1cccc([C@H](CNC(=O)CCN2C(=O)[C@H]3CCCC[C@H]3C2=O)[NH+](C)C)c1. The second kappa shape index (κ2) is 9.39. The maximum atomic E-state index is 12.5. The summed E-state index contributed by atoms with van der Waals surface area (Å²) in [6.45, 7) is 0.649. The number of hydrogen-bond acceptors (Lipinski definition) is 4. The van der Waals surface area contributed by atoms with E-state index in [4.69, 9.17) is 4.74 Å². The Morgan fingerprint density at radius 1 is 1.21 bits per heavy atom.